The molecule has 0 aliphatic carbocycles. The molecule has 24 heavy (non-hydrogen) atoms. The van der Waals surface area contributed by atoms with E-state index in [4.69, 9.17) is 4.74 Å². The molecular weight excluding hydrogens is 306 g/mol. The third-order valence-corrected chi connectivity index (χ3v) is 4.07. The predicted octanol–water partition coefficient (Wildman–Crippen LogP) is 2.31. The highest BCUT2D eigenvalue weighted by atomic mass is 16.5. The fraction of sp³-hybridized carbons (Fsp3) is 0.333. The van der Waals surface area contributed by atoms with Gasteiger partial charge in [0.1, 0.15) is 0 Å². The van der Waals surface area contributed by atoms with Crippen LogP contribution in [0.2, 0.25) is 0 Å². The van der Waals surface area contributed by atoms with Gasteiger partial charge >= 0.3 is 5.97 Å². The van der Waals surface area contributed by atoms with Crippen LogP contribution in [-0.2, 0) is 16.0 Å². The standard InChI is InChI=1S/C18H19N3O3/c1-11-9-20-15(10-19-11)18(23)24-13(3)17(22)21-12(2)8-14-6-4-5-7-16(14)21/h4-7,9-10,12-13H,8H2,1-3H3/t12-,13-/m0/s1. The van der Waals surface area contributed by atoms with Gasteiger partial charge in [-0.05, 0) is 38.8 Å². The predicted molar refractivity (Wildman–Crippen MR) is 88.7 cm³/mol. The van der Waals surface area contributed by atoms with Gasteiger partial charge in [0.25, 0.3) is 5.91 Å². The van der Waals surface area contributed by atoms with E-state index in [1.807, 2.05) is 31.2 Å². The zero-order valence-electron chi connectivity index (χ0n) is 13.9. The lowest BCUT2D eigenvalue weighted by atomic mass is 10.1. The summed E-state index contributed by atoms with van der Waals surface area (Å²) in [5, 5.41) is 0. The average Bonchev–Trinajstić information content (AvgIpc) is 2.90. The van der Waals surface area contributed by atoms with Crippen molar-refractivity contribution in [3.05, 3.63) is 53.6 Å². The van der Waals surface area contributed by atoms with Gasteiger partial charge in [0.15, 0.2) is 11.8 Å². The van der Waals surface area contributed by atoms with Crippen LogP contribution in [0.15, 0.2) is 36.7 Å². The van der Waals surface area contributed by atoms with E-state index in [9.17, 15) is 9.59 Å². The van der Waals surface area contributed by atoms with E-state index < -0.39 is 12.1 Å². The number of benzene rings is 1. The molecule has 1 aliphatic heterocycles. The van der Waals surface area contributed by atoms with E-state index in [0.29, 0.717) is 5.69 Å². The molecule has 0 saturated heterocycles. The van der Waals surface area contributed by atoms with Crippen LogP contribution in [0.1, 0.15) is 35.6 Å². The number of rotatable bonds is 3. The molecule has 0 fully saturated rings. The van der Waals surface area contributed by atoms with Gasteiger partial charge in [-0.1, -0.05) is 18.2 Å². The average molecular weight is 325 g/mol. The maximum atomic E-state index is 12.8. The van der Waals surface area contributed by atoms with Crippen molar-refractivity contribution in [2.45, 2.75) is 39.3 Å². The molecule has 2 atom stereocenters. The Hall–Kier alpha value is -2.76. The molecular formula is C18H19N3O3. The molecule has 1 amide bonds. The van der Waals surface area contributed by atoms with Crippen LogP contribution in [0.25, 0.3) is 0 Å². The smallest absolute Gasteiger partial charge is 0.359 e. The molecule has 0 radical (unpaired) electrons. The number of para-hydroxylation sites is 1. The minimum atomic E-state index is -0.894. The summed E-state index contributed by atoms with van der Waals surface area (Å²) in [6, 6.07) is 7.82. The maximum Gasteiger partial charge on any atom is 0.359 e. The second-order valence-corrected chi connectivity index (χ2v) is 5.98. The van der Waals surface area contributed by atoms with Crippen molar-refractivity contribution in [2.24, 2.45) is 0 Å². The van der Waals surface area contributed by atoms with Crippen LogP contribution in [0.4, 0.5) is 5.69 Å². The number of amides is 1. The fourth-order valence-corrected chi connectivity index (χ4v) is 2.87. The molecule has 0 unspecified atom stereocenters. The van der Waals surface area contributed by atoms with E-state index in [-0.39, 0.29) is 17.6 Å². The fourth-order valence-electron chi connectivity index (χ4n) is 2.87. The summed E-state index contributed by atoms with van der Waals surface area (Å²) in [7, 11) is 0. The van der Waals surface area contributed by atoms with E-state index >= 15 is 0 Å². The first kappa shape index (κ1) is 16.1. The number of fused-ring (bicyclic) bond motifs is 1. The summed E-state index contributed by atoms with van der Waals surface area (Å²) in [5.74, 6) is -0.885. The monoisotopic (exact) mass is 325 g/mol. The zero-order valence-corrected chi connectivity index (χ0v) is 13.9. The summed E-state index contributed by atoms with van der Waals surface area (Å²) in [4.78, 5) is 34.6. The Balaban J connectivity index is 1.73. The third-order valence-electron chi connectivity index (χ3n) is 4.07. The first-order valence-corrected chi connectivity index (χ1v) is 7.88. The summed E-state index contributed by atoms with van der Waals surface area (Å²) in [5.41, 5.74) is 2.81. The zero-order chi connectivity index (χ0) is 17.3. The number of aromatic nitrogens is 2. The molecule has 3 rings (SSSR count). The molecule has 6 nitrogen and oxygen atoms in total. The van der Waals surface area contributed by atoms with E-state index in [1.54, 1.807) is 18.7 Å². The van der Waals surface area contributed by atoms with E-state index in [0.717, 1.165) is 17.7 Å². The summed E-state index contributed by atoms with van der Waals surface area (Å²) >= 11 is 0. The summed E-state index contributed by atoms with van der Waals surface area (Å²) in [6.07, 6.45) is 2.74. The third kappa shape index (κ3) is 2.99. The Morgan fingerprint density at radius 2 is 2.00 bits per heavy atom. The van der Waals surface area contributed by atoms with E-state index in [2.05, 4.69) is 9.97 Å². The largest absolute Gasteiger partial charge is 0.448 e. The van der Waals surface area contributed by atoms with Crippen LogP contribution in [0, 0.1) is 6.92 Å². The van der Waals surface area contributed by atoms with Crippen molar-refractivity contribution < 1.29 is 14.3 Å². The lowest BCUT2D eigenvalue weighted by molar-refractivity contribution is -0.126. The highest BCUT2D eigenvalue weighted by Gasteiger charge is 2.34. The molecule has 0 saturated carbocycles. The highest BCUT2D eigenvalue weighted by molar-refractivity contribution is 6.00. The Morgan fingerprint density at radius 3 is 2.71 bits per heavy atom. The Bertz CT molecular complexity index is 773. The van der Waals surface area contributed by atoms with Crippen LogP contribution in [0.5, 0.6) is 0 Å². The Labute approximate surface area is 140 Å². The van der Waals surface area contributed by atoms with Gasteiger partial charge in [-0.2, -0.15) is 0 Å². The molecule has 1 aliphatic rings. The minimum Gasteiger partial charge on any atom is -0.448 e. The van der Waals surface area contributed by atoms with Crippen LogP contribution < -0.4 is 4.90 Å². The normalized spacial score (nSPS) is 17.3. The Kier molecular flexibility index (Phi) is 4.29. The highest BCUT2D eigenvalue weighted by Crippen LogP contribution is 2.32. The van der Waals surface area contributed by atoms with Crippen molar-refractivity contribution in [2.75, 3.05) is 4.90 Å². The Morgan fingerprint density at radius 1 is 1.25 bits per heavy atom. The minimum absolute atomic E-state index is 0.0372. The first-order valence-electron chi connectivity index (χ1n) is 7.88. The first-order chi connectivity index (χ1) is 11.5. The van der Waals surface area contributed by atoms with Gasteiger partial charge in [0, 0.05) is 17.9 Å². The summed E-state index contributed by atoms with van der Waals surface area (Å²) < 4.78 is 5.28. The lowest BCUT2D eigenvalue weighted by Gasteiger charge is -2.25. The second kappa shape index (κ2) is 6.39. The van der Waals surface area contributed by atoms with Crippen molar-refractivity contribution in [1.82, 2.24) is 9.97 Å². The van der Waals surface area contributed by atoms with Crippen molar-refractivity contribution in [3.8, 4) is 0 Å². The van der Waals surface area contributed by atoms with Gasteiger partial charge < -0.3 is 9.64 Å². The van der Waals surface area contributed by atoms with Crippen molar-refractivity contribution in [3.63, 3.8) is 0 Å². The van der Waals surface area contributed by atoms with Crippen LogP contribution in [-0.4, -0.2) is 34.0 Å². The van der Waals surface area contributed by atoms with Crippen LogP contribution >= 0.6 is 0 Å². The maximum absolute atomic E-state index is 12.8. The SMILES string of the molecule is Cc1cnc(C(=O)O[C@@H](C)C(=O)N2c3ccccc3C[C@@H]2C)cn1. The number of esters is 1. The van der Waals surface area contributed by atoms with Crippen LogP contribution in [0.3, 0.4) is 0 Å². The number of carbonyl (C=O) groups is 2. The van der Waals surface area contributed by atoms with E-state index in [1.165, 1.54) is 12.4 Å². The number of aryl methyl sites for hydroxylation is 1. The van der Waals surface area contributed by atoms with Gasteiger partial charge in [-0.3, -0.25) is 9.78 Å². The van der Waals surface area contributed by atoms with Gasteiger partial charge in [0.2, 0.25) is 0 Å². The molecule has 2 heterocycles. The van der Waals surface area contributed by atoms with Gasteiger partial charge in [0.05, 0.1) is 11.9 Å². The van der Waals surface area contributed by atoms with Crippen molar-refractivity contribution >= 4 is 17.6 Å². The number of nitrogens with zero attached hydrogens (tertiary/aromatic N) is 3. The summed E-state index contributed by atoms with van der Waals surface area (Å²) in [6.45, 7) is 5.34. The molecule has 0 bridgehead atoms. The number of hydrogen-bond donors (Lipinski definition) is 0. The number of ether oxygens (including phenoxy) is 1. The topological polar surface area (TPSA) is 72.4 Å². The number of carbonyl (C=O) groups excluding carboxylic acids is 2. The lowest BCUT2D eigenvalue weighted by Crippen LogP contribution is -2.43. The molecule has 2 aromatic rings. The molecule has 0 spiro atoms. The number of anilines is 1. The number of hydrogen-bond acceptors (Lipinski definition) is 5. The van der Waals surface area contributed by atoms with Crippen molar-refractivity contribution in [1.29, 1.82) is 0 Å². The quantitative estimate of drug-likeness (QED) is 0.810. The molecule has 124 valence electrons. The molecule has 6 heteroatoms. The molecule has 0 N–H and O–H groups in total. The second-order valence-electron chi connectivity index (χ2n) is 5.98. The molecule has 1 aromatic carbocycles. The van der Waals surface area contributed by atoms with Gasteiger partial charge in [-0.25, -0.2) is 9.78 Å². The molecule has 1 aromatic heterocycles. The van der Waals surface area contributed by atoms with Gasteiger partial charge in [-0.15, -0.1) is 0 Å².